The van der Waals surface area contributed by atoms with Gasteiger partial charge in [-0.2, -0.15) is 0 Å². The average molecular weight is 1160 g/mol. The molecule has 3 amide bonds. The number of carbonyl (C=O) groups is 4. The van der Waals surface area contributed by atoms with E-state index in [9.17, 15) is 37.5 Å². The minimum absolute atomic E-state index is 0.0232. The lowest BCUT2D eigenvalue weighted by atomic mass is 9.91. The second kappa shape index (κ2) is 29.1. The van der Waals surface area contributed by atoms with Crippen LogP contribution in [0, 0.1) is 40.8 Å². The first-order valence-corrected chi connectivity index (χ1v) is 26.3. The predicted molar refractivity (Wildman–Crippen MR) is 280 cm³/mol. The summed E-state index contributed by atoms with van der Waals surface area (Å²) in [6, 6.07) is 13.7. The molecule has 3 aromatic carbocycles. The molecule has 4 atom stereocenters. The first-order valence-electron chi connectivity index (χ1n) is 24.3. The van der Waals surface area contributed by atoms with E-state index < -0.39 is 58.9 Å². The molecule has 1 fully saturated rings. The number of aromatic nitrogens is 2. The second-order valence-corrected chi connectivity index (χ2v) is 20.0. The molecule has 6 rings (SSSR count). The number of thiazole rings is 1. The molecule has 17 nitrogen and oxygen atoms in total. The predicted octanol–water partition coefficient (Wildman–Crippen LogP) is 7.17. The molecular formula is C52H63F3IN7O10S. The fourth-order valence-electron chi connectivity index (χ4n) is 8.22. The van der Waals surface area contributed by atoms with Crippen molar-refractivity contribution in [2.75, 3.05) is 84.4 Å². The van der Waals surface area contributed by atoms with Crippen LogP contribution in [0.3, 0.4) is 0 Å². The molecule has 0 spiro atoms. The van der Waals surface area contributed by atoms with Crippen LogP contribution in [-0.4, -0.2) is 135 Å². The Hall–Kier alpha value is -5.34. The standard InChI is InChI=1S/C52H63F3IN7O10S/c1-31(2)47(45-24-32(3)62-73-45)52(68)63-28-37(64)26-43(63)51(67)61-42(34-6-8-35(9-7-34)50-33(4)59-30-74-50)27-46(66)58-16-19-70-21-23-71-22-20-69-18-15-57-14-5-17-72-29-44(65)38-11-12-39(53)48(55)49(38)60-41-13-10-36(56)25-40(41)54/h6-13,24-25,30-31,37,42-43,47,57,60,64H,5,14-23,26-29H2,1-4H3,(H,58,66)(H,61,67)/t37-,42+,43+,47-/m1/s1. The summed E-state index contributed by atoms with van der Waals surface area (Å²) in [5.74, 6) is -5.41. The molecule has 0 saturated carbocycles. The number of halogens is 4. The Bertz CT molecular complexity index is 2640. The number of β-amino-alcohol motifs (C(OH)–C–C–N with tert-alkyl or cyclic N) is 1. The zero-order valence-corrected chi connectivity index (χ0v) is 44.7. The molecule has 1 saturated heterocycles. The SMILES string of the molecule is Cc1cc([C@H](C(=O)N2C[C@H](O)C[C@H]2C(=O)N[C@@H](CC(=O)NCCOCCOCCOCCNCCCOCC(=O)c2ccc(F)c(F)c2Nc2ccc(I)cc2F)c2ccc(-c3scnc3C)cc2)C(C)C)on1. The fourth-order valence-corrected chi connectivity index (χ4v) is 9.48. The number of carbonyl (C=O) groups excluding carboxylic acids is 4. The Labute approximate surface area is 445 Å². The first kappa shape index (κ1) is 57.9. The van der Waals surface area contributed by atoms with Gasteiger partial charge in [-0.3, -0.25) is 19.2 Å². The molecule has 1 aliphatic rings. The minimum atomic E-state index is -1.30. The van der Waals surface area contributed by atoms with Crippen LogP contribution in [-0.2, 0) is 33.3 Å². The van der Waals surface area contributed by atoms with Gasteiger partial charge in [-0.15, -0.1) is 11.3 Å². The van der Waals surface area contributed by atoms with Crippen molar-refractivity contribution in [2.45, 2.75) is 71.1 Å². The highest BCUT2D eigenvalue weighted by atomic mass is 127. The summed E-state index contributed by atoms with van der Waals surface area (Å²) < 4.78 is 71.5. The first-order chi connectivity index (χ1) is 35.6. The summed E-state index contributed by atoms with van der Waals surface area (Å²) in [5, 5.41) is 26.3. The fraction of sp³-hybridized carbons (Fsp3) is 0.462. The number of aliphatic hydroxyl groups excluding tert-OH is 1. The van der Waals surface area contributed by atoms with Crippen LogP contribution in [0.2, 0.25) is 0 Å². The van der Waals surface area contributed by atoms with Crippen LogP contribution in [0.5, 0.6) is 0 Å². The number of likely N-dealkylation sites (tertiary alicyclic amines) is 1. The van der Waals surface area contributed by atoms with Crippen LogP contribution in [0.1, 0.15) is 78.1 Å². The average Bonchev–Trinajstić information content (AvgIpc) is 4.12. The van der Waals surface area contributed by atoms with Crippen LogP contribution in [0.15, 0.2) is 70.7 Å². The number of aliphatic hydroxyl groups is 1. The molecule has 0 radical (unpaired) electrons. The zero-order chi connectivity index (χ0) is 53.1. The van der Waals surface area contributed by atoms with E-state index in [1.165, 1.54) is 28.4 Å². The lowest BCUT2D eigenvalue weighted by Gasteiger charge is -2.30. The summed E-state index contributed by atoms with van der Waals surface area (Å²) in [6.07, 6.45) is -0.403. The van der Waals surface area contributed by atoms with Gasteiger partial charge < -0.3 is 54.7 Å². The summed E-state index contributed by atoms with van der Waals surface area (Å²) in [7, 11) is 0. The third kappa shape index (κ3) is 16.8. The van der Waals surface area contributed by atoms with E-state index in [1.807, 2.05) is 67.6 Å². The van der Waals surface area contributed by atoms with E-state index in [4.69, 9.17) is 23.5 Å². The maximum atomic E-state index is 14.7. The van der Waals surface area contributed by atoms with Gasteiger partial charge in [-0.25, -0.2) is 18.2 Å². The Balaban J connectivity index is 0.843. The van der Waals surface area contributed by atoms with Crippen LogP contribution >= 0.6 is 33.9 Å². The molecule has 3 heterocycles. The van der Waals surface area contributed by atoms with E-state index in [1.54, 1.807) is 24.6 Å². The molecule has 5 N–H and O–H groups in total. The smallest absolute Gasteiger partial charge is 0.243 e. The van der Waals surface area contributed by atoms with Crippen molar-refractivity contribution in [3.05, 3.63) is 115 Å². The number of rotatable bonds is 30. The Morgan fingerprint density at radius 1 is 0.878 bits per heavy atom. The van der Waals surface area contributed by atoms with Gasteiger partial charge in [-0.05, 0) is 96.8 Å². The van der Waals surface area contributed by atoms with Gasteiger partial charge in [0.05, 0.1) is 91.4 Å². The van der Waals surface area contributed by atoms with Crippen LogP contribution in [0.25, 0.3) is 10.4 Å². The van der Waals surface area contributed by atoms with Crippen LogP contribution in [0.4, 0.5) is 24.5 Å². The summed E-state index contributed by atoms with van der Waals surface area (Å²) in [6.45, 7) is 10.6. The molecule has 74 heavy (non-hydrogen) atoms. The number of nitrogens with one attached hydrogen (secondary N) is 4. The molecule has 2 aromatic heterocycles. The molecule has 0 unspecified atom stereocenters. The summed E-state index contributed by atoms with van der Waals surface area (Å²) >= 11 is 3.44. The van der Waals surface area contributed by atoms with E-state index in [0.717, 1.165) is 28.3 Å². The number of ether oxygens (including phenoxy) is 4. The van der Waals surface area contributed by atoms with Gasteiger partial charge >= 0.3 is 0 Å². The summed E-state index contributed by atoms with van der Waals surface area (Å²) in [4.78, 5) is 61.0. The van der Waals surface area contributed by atoms with Gasteiger partial charge in [-0.1, -0.05) is 43.3 Å². The molecule has 0 aliphatic carbocycles. The van der Waals surface area contributed by atoms with Crippen molar-refractivity contribution < 1.29 is 60.9 Å². The highest BCUT2D eigenvalue weighted by Gasteiger charge is 2.44. The Morgan fingerprint density at radius 3 is 2.26 bits per heavy atom. The quantitative estimate of drug-likeness (QED) is 0.0175. The van der Waals surface area contributed by atoms with Crippen molar-refractivity contribution >= 4 is 68.8 Å². The number of benzene rings is 3. The second-order valence-electron chi connectivity index (χ2n) is 17.9. The van der Waals surface area contributed by atoms with Crippen molar-refractivity contribution in [2.24, 2.45) is 5.92 Å². The number of hydrogen-bond donors (Lipinski definition) is 5. The lowest BCUT2D eigenvalue weighted by molar-refractivity contribution is -0.141. The number of ketones is 1. The minimum Gasteiger partial charge on any atom is -0.391 e. The molecule has 0 bridgehead atoms. The van der Waals surface area contributed by atoms with Gasteiger partial charge in [0.1, 0.15) is 30.1 Å². The van der Waals surface area contributed by atoms with Crippen molar-refractivity contribution in [3.8, 4) is 10.4 Å². The highest BCUT2D eigenvalue weighted by molar-refractivity contribution is 14.1. The van der Waals surface area contributed by atoms with Gasteiger partial charge in [0, 0.05) is 47.9 Å². The number of Topliss-reactive ketones (excluding diaryl/α,β-unsaturated/α-hetero) is 1. The zero-order valence-electron chi connectivity index (χ0n) is 41.7. The van der Waals surface area contributed by atoms with Gasteiger partial charge in [0.15, 0.2) is 17.4 Å². The highest BCUT2D eigenvalue weighted by Crippen LogP contribution is 2.33. The third-order valence-corrected chi connectivity index (χ3v) is 13.6. The number of hydrogen-bond acceptors (Lipinski definition) is 15. The van der Waals surface area contributed by atoms with Crippen LogP contribution < -0.4 is 21.3 Å². The maximum Gasteiger partial charge on any atom is 0.243 e. The maximum absolute atomic E-state index is 14.7. The van der Waals surface area contributed by atoms with E-state index in [-0.39, 0.29) is 81.3 Å². The van der Waals surface area contributed by atoms with E-state index in [2.05, 4.69) is 31.4 Å². The lowest BCUT2D eigenvalue weighted by Crippen LogP contribution is -2.49. The van der Waals surface area contributed by atoms with E-state index in [0.29, 0.717) is 66.5 Å². The molecule has 400 valence electrons. The Morgan fingerprint density at radius 2 is 1.59 bits per heavy atom. The number of nitrogens with zero attached hydrogens (tertiary/aromatic N) is 3. The number of aryl methyl sites for hydroxylation is 2. The van der Waals surface area contributed by atoms with Crippen molar-refractivity contribution in [1.82, 2.24) is 31.0 Å². The molecule has 22 heteroatoms. The number of anilines is 2. The third-order valence-electron chi connectivity index (χ3n) is 12.0. The topological polar surface area (TPSA) is 216 Å². The van der Waals surface area contributed by atoms with Crippen molar-refractivity contribution in [3.63, 3.8) is 0 Å². The van der Waals surface area contributed by atoms with Crippen molar-refractivity contribution in [1.29, 1.82) is 0 Å². The van der Waals surface area contributed by atoms with Gasteiger partial charge in [0.25, 0.3) is 0 Å². The monoisotopic (exact) mass is 1160 g/mol. The summed E-state index contributed by atoms with van der Waals surface area (Å²) in [5.41, 5.74) is 4.20. The Kier molecular flexibility index (Phi) is 22.8. The largest absolute Gasteiger partial charge is 0.391 e. The number of amides is 3. The molecule has 1 aliphatic heterocycles. The normalized spacial score (nSPS) is 15.4. The van der Waals surface area contributed by atoms with E-state index >= 15 is 0 Å². The molecular weight excluding hydrogens is 1100 g/mol. The molecule has 5 aromatic rings. The van der Waals surface area contributed by atoms with Gasteiger partial charge in [0.2, 0.25) is 17.7 Å².